The molecule has 2 rings (SSSR count). The zero-order valence-electron chi connectivity index (χ0n) is 11.2. The van der Waals surface area contributed by atoms with E-state index in [0.717, 1.165) is 24.8 Å². The maximum absolute atomic E-state index is 12.4. The molecule has 1 fully saturated rings. The smallest absolute Gasteiger partial charge is 0.227 e. The van der Waals surface area contributed by atoms with Gasteiger partial charge in [-0.25, -0.2) is 0 Å². The van der Waals surface area contributed by atoms with E-state index in [1.54, 1.807) is 0 Å². The second kappa shape index (κ2) is 5.42. The quantitative estimate of drug-likeness (QED) is 0.833. The van der Waals surface area contributed by atoms with Crippen molar-refractivity contribution in [3.63, 3.8) is 0 Å². The molecule has 1 aromatic carbocycles. The van der Waals surface area contributed by atoms with E-state index in [1.807, 2.05) is 24.3 Å². The Kier molecular flexibility index (Phi) is 3.90. The van der Waals surface area contributed by atoms with Gasteiger partial charge in [-0.15, -0.1) is 0 Å². The van der Waals surface area contributed by atoms with Crippen LogP contribution in [-0.4, -0.2) is 22.9 Å². The van der Waals surface area contributed by atoms with Crippen molar-refractivity contribution in [2.24, 2.45) is 0 Å². The maximum atomic E-state index is 12.4. The molecule has 3 nitrogen and oxygen atoms in total. The summed E-state index contributed by atoms with van der Waals surface area (Å²) in [5.41, 5.74) is 7.55. The summed E-state index contributed by atoms with van der Waals surface area (Å²) in [7, 11) is 0. The highest BCUT2D eigenvalue weighted by atomic mass is 16.2. The van der Waals surface area contributed by atoms with Gasteiger partial charge in [0, 0.05) is 17.8 Å². The van der Waals surface area contributed by atoms with Gasteiger partial charge in [-0.3, -0.25) is 4.79 Å². The number of para-hydroxylation sites is 1. The fourth-order valence-electron chi connectivity index (χ4n) is 2.87. The molecule has 2 atom stereocenters. The fraction of sp³-hybridized carbons (Fsp3) is 0.533. The number of anilines is 1. The summed E-state index contributed by atoms with van der Waals surface area (Å²) in [4.78, 5) is 14.5. The second-order valence-electron chi connectivity index (χ2n) is 5.17. The number of carbonyl (C=O) groups is 1. The van der Waals surface area contributed by atoms with Gasteiger partial charge in [0.1, 0.15) is 0 Å². The average Bonchev–Trinajstić information content (AvgIpc) is 2.73. The molecule has 0 aromatic heterocycles. The first-order chi connectivity index (χ1) is 8.63. The van der Waals surface area contributed by atoms with Crippen LogP contribution in [0, 0.1) is 0 Å². The molecular formula is C15H22N2O. The minimum absolute atomic E-state index is 0.213. The third-order valence-electron chi connectivity index (χ3n) is 3.94. The summed E-state index contributed by atoms with van der Waals surface area (Å²) in [6.07, 6.45) is 3.72. The van der Waals surface area contributed by atoms with Crippen molar-refractivity contribution in [2.45, 2.75) is 51.6 Å². The normalized spacial score (nSPS) is 23.3. The van der Waals surface area contributed by atoms with Crippen LogP contribution in [0.3, 0.4) is 0 Å². The summed E-state index contributed by atoms with van der Waals surface area (Å²) < 4.78 is 0. The van der Waals surface area contributed by atoms with E-state index in [-0.39, 0.29) is 5.91 Å². The molecule has 1 saturated heterocycles. The molecule has 18 heavy (non-hydrogen) atoms. The SMILES string of the molecule is CCC1CCC(C)N1C(=O)Cc1ccccc1N. The van der Waals surface area contributed by atoms with Crippen LogP contribution < -0.4 is 5.73 Å². The van der Waals surface area contributed by atoms with E-state index in [0.29, 0.717) is 24.2 Å². The van der Waals surface area contributed by atoms with Crippen LogP contribution >= 0.6 is 0 Å². The molecule has 3 heteroatoms. The predicted molar refractivity (Wildman–Crippen MR) is 74.2 cm³/mol. The summed E-state index contributed by atoms with van der Waals surface area (Å²) in [5, 5.41) is 0. The standard InChI is InChI=1S/C15H22N2O/c1-3-13-9-8-11(2)17(13)15(18)10-12-6-4-5-7-14(12)16/h4-7,11,13H,3,8-10,16H2,1-2H3. The predicted octanol–water partition coefficient (Wildman–Crippen LogP) is 2.60. The van der Waals surface area contributed by atoms with Gasteiger partial charge >= 0.3 is 0 Å². The number of hydrogen-bond acceptors (Lipinski definition) is 2. The van der Waals surface area contributed by atoms with Gasteiger partial charge in [0.2, 0.25) is 5.91 Å². The Morgan fingerprint density at radius 1 is 1.39 bits per heavy atom. The lowest BCUT2D eigenvalue weighted by molar-refractivity contribution is -0.133. The van der Waals surface area contributed by atoms with Crippen molar-refractivity contribution in [3.8, 4) is 0 Å². The Balaban J connectivity index is 2.10. The van der Waals surface area contributed by atoms with E-state index in [2.05, 4.69) is 18.7 Å². The van der Waals surface area contributed by atoms with Crippen LogP contribution in [0.1, 0.15) is 38.7 Å². The molecule has 1 aliphatic rings. The highest BCUT2D eigenvalue weighted by molar-refractivity contribution is 5.81. The number of likely N-dealkylation sites (tertiary alicyclic amines) is 1. The van der Waals surface area contributed by atoms with Crippen LogP contribution in [0.2, 0.25) is 0 Å². The first kappa shape index (κ1) is 12.9. The molecule has 0 bridgehead atoms. The van der Waals surface area contributed by atoms with Crippen LogP contribution in [0.25, 0.3) is 0 Å². The number of carbonyl (C=O) groups excluding carboxylic acids is 1. The molecule has 0 saturated carbocycles. The van der Waals surface area contributed by atoms with Crippen molar-refractivity contribution in [2.75, 3.05) is 5.73 Å². The van der Waals surface area contributed by atoms with Gasteiger partial charge in [-0.05, 0) is 37.8 Å². The van der Waals surface area contributed by atoms with Crippen molar-refractivity contribution in [1.82, 2.24) is 4.90 Å². The van der Waals surface area contributed by atoms with Crippen molar-refractivity contribution in [3.05, 3.63) is 29.8 Å². The van der Waals surface area contributed by atoms with Crippen LogP contribution in [0.15, 0.2) is 24.3 Å². The Morgan fingerprint density at radius 3 is 2.78 bits per heavy atom. The summed E-state index contributed by atoms with van der Waals surface area (Å²) in [6.45, 7) is 4.29. The van der Waals surface area contributed by atoms with Crippen LogP contribution in [-0.2, 0) is 11.2 Å². The van der Waals surface area contributed by atoms with Gasteiger partial charge in [-0.2, -0.15) is 0 Å². The zero-order chi connectivity index (χ0) is 13.1. The molecule has 98 valence electrons. The Hall–Kier alpha value is -1.51. The lowest BCUT2D eigenvalue weighted by Crippen LogP contribution is -2.40. The molecule has 2 N–H and O–H groups in total. The van der Waals surface area contributed by atoms with E-state index in [1.165, 1.54) is 0 Å². The topological polar surface area (TPSA) is 46.3 Å². The minimum atomic E-state index is 0.213. The van der Waals surface area contributed by atoms with E-state index < -0.39 is 0 Å². The molecule has 1 amide bonds. The summed E-state index contributed by atoms with van der Waals surface area (Å²) in [6, 6.07) is 8.41. The fourth-order valence-corrected chi connectivity index (χ4v) is 2.87. The molecule has 2 unspecified atom stereocenters. The largest absolute Gasteiger partial charge is 0.398 e. The molecule has 0 aliphatic carbocycles. The number of rotatable bonds is 3. The Labute approximate surface area is 109 Å². The summed E-state index contributed by atoms with van der Waals surface area (Å²) >= 11 is 0. The van der Waals surface area contributed by atoms with E-state index >= 15 is 0 Å². The number of nitrogens with two attached hydrogens (primary N) is 1. The van der Waals surface area contributed by atoms with Crippen LogP contribution in [0.4, 0.5) is 5.69 Å². The lowest BCUT2D eigenvalue weighted by atomic mass is 10.1. The van der Waals surface area contributed by atoms with Gasteiger partial charge in [0.15, 0.2) is 0 Å². The molecular weight excluding hydrogens is 224 g/mol. The van der Waals surface area contributed by atoms with E-state index in [4.69, 9.17) is 5.73 Å². The van der Waals surface area contributed by atoms with Crippen molar-refractivity contribution < 1.29 is 4.79 Å². The molecule has 0 spiro atoms. The zero-order valence-corrected chi connectivity index (χ0v) is 11.2. The molecule has 1 aliphatic heterocycles. The number of nitrogen functional groups attached to an aromatic ring is 1. The summed E-state index contributed by atoms with van der Waals surface area (Å²) in [5.74, 6) is 0.213. The van der Waals surface area contributed by atoms with Gasteiger partial charge < -0.3 is 10.6 Å². The van der Waals surface area contributed by atoms with Crippen LogP contribution in [0.5, 0.6) is 0 Å². The third-order valence-corrected chi connectivity index (χ3v) is 3.94. The van der Waals surface area contributed by atoms with E-state index in [9.17, 15) is 4.79 Å². The Morgan fingerprint density at radius 2 is 2.11 bits per heavy atom. The Bertz CT molecular complexity index is 430. The monoisotopic (exact) mass is 246 g/mol. The highest BCUT2D eigenvalue weighted by Crippen LogP contribution is 2.27. The van der Waals surface area contributed by atoms with Crippen molar-refractivity contribution >= 4 is 11.6 Å². The number of hydrogen-bond donors (Lipinski definition) is 1. The second-order valence-corrected chi connectivity index (χ2v) is 5.17. The first-order valence-electron chi connectivity index (χ1n) is 6.78. The minimum Gasteiger partial charge on any atom is -0.398 e. The van der Waals surface area contributed by atoms with Gasteiger partial charge in [-0.1, -0.05) is 25.1 Å². The van der Waals surface area contributed by atoms with Gasteiger partial charge in [0.05, 0.1) is 6.42 Å². The van der Waals surface area contributed by atoms with Crippen molar-refractivity contribution in [1.29, 1.82) is 0 Å². The average molecular weight is 246 g/mol. The number of amides is 1. The molecule has 1 heterocycles. The number of nitrogens with zero attached hydrogens (tertiary/aromatic N) is 1. The molecule has 0 radical (unpaired) electrons. The first-order valence-corrected chi connectivity index (χ1v) is 6.78. The number of benzene rings is 1. The lowest BCUT2D eigenvalue weighted by Gasteiger charge is -2.28. The maximum Gasteiger partial charge on any atom is 0.227 e. The highest BCUT2D eigenvalue weighted by Gasteiger charge is 2.32. The third kappa shape index (κ3) is 2.50. The molecule has 1 aromatic rings. The van der Waals surface area contributed by atoms with Gasteiger partial charge in [0.25, 0.3) is 0 Å².